The molecule has 0 bridgehead atoms. The molecule has 0 aliphatic heterocycles. The van der Waals surface area contributed by atoms with Crippen LogP contribution in [0.5, 0.6) is 0 Å². The monoisotopic (exact) mass is 433 g/mol. The van der Waals surface area contributed by atoms with Gasteiger partial charge in [-0.1, -0.05) is 36.7 Å². The molecule has 30 heavy (non-hydrogen) atoms. The van der Waals surface area contributed by atoms with E-state index in [-0.39, 0.29) is 18.1 Å². The number of aliphatic hydroxyl groups is 1. The third-order valence-corrected chi connectivity index (χ3v) is 5.44. The molecule has 2 aromatic rings. The van der Waals surface area contributed by atoms with Crippen LogP contribution in [0.2, 0.25) is 5.15 Å². The van der Waals surface area contributed by atoms with Gasteiger partial charge in [0.05, 0.1) is 12.2 Å². The fourth-order valence-electron chi connectivity index (χ4n) is 3.25. The van der Waals surface area contributed by atoms with Crippen LogP contribution >= 0.6 is 11.6 Å². The highest BCUT2D eigenvalue weighted by Crippen LogP contribution is 2.19. The number of benzene rings is 1. The van der Waals surface area contributed by atoms with Gasteiger partial charge in [-0.05, 0) is 50.1 Å². The zero-order chi connectivity index (χ0) is 22.1. The highest BCUT2D eigenvalue weighted by molar-refractivity contribution is 6.29. The van der Waals surface area contributed by atoms with Gasteiger partial charge in [0.1, 0.15) is 5.15 Å². The average molecular weight is 434 g/mol. The number of aliphatic hydroxyl groups excluding tert-OH is 1. The van der Waals surface area contributed by atoms with Crippen LogP contribution in [0.25, 0.3) is 0 Å². The molecule has 1 aromatic carbocycles. The Labute approximate surface area is 184 Å². The summed E-state index contributed by atoms with van der Waals surface area (Å²) in [5.41, 5.74) is 2.53. The first kappa shape index (κ1) is 24.3. The Morgan fingerprint density at radius 1 is 1.27 bits per heavy atom. The normalized spacial score (nSPS) is 14.2. The molecule has 0 saturated heterocycles. The van der Waals surface area contributed by atoms with Crippen LogP contribution in [0.4, 0.5) is 0 Å². The molecular weight excluding hydrogens is 402 g/mol. The van der Waals surface area contributed by atoms with Crippen molar-refractivity contribution in [1.82, 2.24) is 15.2 Å². The van der Waals surface area contributed by atoms with Crippen molar-refractivity contribution >= 4 is 17.5 Å². The van der Waals surface area contributed by atoms with Crippen molar-refractivity contribution in [2.75, 3.05) is 27.2 Å². The van der Waals surface area contributed by atoms with Crippen molar-refractivity contribution in [1.29, 1.82) is 0 Å². The molecule has 1 aromatic heterocycles. The van der Waals surface area contributed by atoms with Crippen LogP contribution < -0.4 is 5.32 Å². The summed E-state index contributed by atoms with van der Waals surface area (Å²) in [6, 6.07) is 11.1. The Kier molecular flexibility index (Phi) is 9.72. The number of likely N-dealkylation sites (N-methyl/N-ethyl adjacent to an activating group) is 1. The maximum atomic E-state index is 12.5. The van der Waals surface area contributed by atoms with E-state index in [0.717, 1.165) is 30.5 Å². The lowest BCUT2D eigenvalue weighted by molar-refractivity contribution is 0.0600. The second kappa shape index (κ2) is 12.0. The summed E-state index contributed by atoms with van der Waals surface area (Å²) in [5, 5.41) is 14.4. The Morgan fingerprint density at radius 2 is 1.97 bits per heavy atom. The number of methoxy groups -OCH3 is 1. The lowest BCUT2D eigenvalue weighted by Crippen LogP contribution is -2.35. The van der Waals surface area contributed by atoms with Crippen LogP contribution in [-0.2, 0) is 11.2 Å². The molecule has 6 nitrogen and oxygen atoms in total. The number of ether oxygens (including phenoxy) is 1. The predicted octanol–water partition coefficient (Wildman–Crippen LogP) is 3.49. The first-order chi connectivity index (χ1) is 14.3. The van der Waals surface area contributed by atoms with E-state index in [9.17, 15) is 9.90 Å². The molecule has 0 spiro atoms. The summed E-state index contributed by atoms with van der Waals surface area (Å²) in [6.07, 6.45) is 2.54. The molecule has 3 unspecified atom stereocenters. The number of rotatable bonds is 11. The van der Waals surface area contributed by atoms with Gasteiger partial charge in [0, 0.05) is 44.1 Å². The van der Waals surface area contributed by atoms with Gasteiger partial charge in [0.25, 0.3) is 5.91 Å². The standard InChI is InChI=1S/C23H32ClN3O3/c1-5-20(22(28)19-10-11-21(24)26-14-19)25-13-12-17-6-8-18(9-7-17)23(29)27(3)15-16(2)30-4/h6-11,14,16,20,22,25,28H,5,12-13,15H2,1-4H3. The minimum atomic E-state index is -0.648. The Morgan fingerprint density at radius 3 is 2.53 bits per heavy atom. The average Bonchev–Trinajstić information content (AvgIpc) is 2.76. The summed E-state index contributed by atoms with van der Waals surface area (Å²) in [6.45, 7) is 5.23. The summed E-state index contributed by atoms with van der Waals surface area (Å²) in [5.74, 6) is -0.0191. The van der Waals surface area contributed by atoms with Crippen LogP contribution in [0.3, 0.4) is 0 Å². The molecule has 1 amide bonds. The minimum Gasteiger partial charge on any atom is -0.387 e. The number of amides is 1. The van der Waals surface area contributed by atoms with Gasteiger partial charge in [-0.2, -0.15) is 0 Å². The van der Waals surface area contributed by atoms with Crippen molar-refractivity contribution in [3.05, 3.63) is 64.4 Å². The van der Waals surface area contributed by atoms with Crippen LogP contribution in [0.1, 0.15) is 47.9 Å². The first-order valence-electron chi connectivity index (χ1n) is 10.3. The summed E-state index contributed by atoms with van der Waals surface area (Å²) < 4.78 is 5.22. The molecule has 0 radical (unpaired) electrons. The van der Waals surface area contributed by atoms with Gasteiger partial charge in [0.15, 0.2) is 0 Å². The zero-order valence-electron chi connectivity index (χ0n) is 18.1. The van der Waals surface area contributed by atoms with Gasteiger partial charge >= 0.3 is 0 Å². The summed E-state index contributed by atoms with van der Waals surface area (Å²) in [4.78, 5) is 18.2. The maximum Gasteiger partial charge on any atom is 0.253 e. The van der Waals surface area contributed by atoms with Crippen LogP contribution in [-0.4, -0.2) is 60.3 Å². The van der Waals surface area contributed by atoms with Gasteiger partial charge < -0.3 is 20.1 Å². The second-order valence-corrected chi connectivity index (χ2v) is 7.89. The molecule has 0 aliphatic rings. The lowest BCUT2D eigenvalue weighted by atomic mass is 10.0. The fourth-order valence-corrected chi connectivity index (χ4v) is 3.36. The number of aromatic nitrogens is 1. The molecular formula is C23H32ClN3O3. The molecule has 3 atom stereocenters. The third kappa shape index (κ3) is 7.06. The Hall–Kier alpha value is -1.99. The number of halogens is 1. The van der Waals surface area contributed by atoms with E-state index in [2.05, 4.69) is 10.3 Å². The van der Waals surface area contributed by atoms with Crippen molar-refractivity contribution in [2.24, 2.45) is 0 Å². The maximum absolute atomic E-state index is 12.5. The van der Waals surface area contributed by atoms with E-state index in [1.165, 1.54) is 0 Å². The molecule has 2 rings (SSSR count). The van der Waals surface area contributed by atoms with E-state index >= 15 is 0 Å². The van der Waals surface area contributed by atoms with Crippen molar-refractivity contribution in [2.45, 2.75) is 44.9 Å². The number of hydrogen-bond donors (Lipinski definition) is 2. The minimum absolute atomic E-state index is 0.00480. The molecule has 7 heteroatoms. The Bertz CT molecular complexity index is 783. The van der Waals surface area contributed by atoms with E-state index in [1.54, 1.807) is 37.4 Å². The van der Waals surface area contributed by atoms with Crippen LogP contribution in [0, 0.1) is 0 Å². The van der Waals surface area contributed by atoms with E-state index in [0.29, 0.717) is 17.3 Å². The number of carbonyl (C=O) groups is 1. The first-order valence-corrected chi connectivity index (χ1v) is 10.6. The lowest BCUT2D eigenvalue weighted by Gasteiger charge is -2.23. The molecule has 1 heterocycles. The number of nitrogens with one attached hydrogen (secondary N) is 1. The number of nitrogens with zero attached hydrogens (tertiary/aromatic N) is 2. The molecule has 0 fully saturated rings. The molecule has 2 N–H and O–H groups in total. The van der Waals surface area contributed by atoms with E-state index in [1.807, 2.05) is 38.1 Å². The zero-order valence-corrected chi connectivity index (χ0v) is 18.9. The van der Waals surface area contributed by atoms with Gasteiger partial charge in [-0.25, -0.2) is 4.98 Å². The molecule has 164 valence electrons. The predicted molar refractivity (Wildman–Crippen MR) is 120 cm³/mol. The van der Waals surface area contributed by atoms with E-state index in [4.69, 9.17) is 16.3 Å². The molecule has 0 aliphatic carbocycles. The largest absolute Gasteiger partial charge is 0.387 e. The van der Waals surface area contributed by atoms with Gasteiger partial charge in [-0.3, -0.25) is 4.79 Å². The van der Waals surface area contributed by atoms with Crippen LogP contribution in [0.15, 0.2) is 42.6 Å². The Balaban J connectivity index is 1.86. The number of carbonyl (C=O) groups excluding carboxylic acids is 1. The van der Waals surface area contributed by atoms with Gasteiger partial charge in [-0.15, -0.1) is 0 Å². The topological polar surface area (TPSA) is 74.7 Å². The second-order valence-electron chi connectivity index (χ2n) is 7.51. The number of hydrogen-bond acceptors (Lipinski definition) is 5. The van der Waals surface area contributed by atoms with Crippen molar-refractivity contribution < 1.29 is 14.6 Å². The summed E-state index contributed by atoms with van der Waals surface area (Å²) >= 11 is 5.82. The van der Waals surface area contributed by atoms with Gasteiger partial charge in [0.2, 0.25) is 0 Å². The highest BCUT2D eigenvalue weighted by atomic mass is 35.5. The SMILES string of the molecule is CCC(NCCc1ccc(C(=O)N(C)CC(C)OC)cc1)C(O)c1ccc(Cl)nc1. The van der Waals surface area contributed by atoms with Crippen molar-refractivity contribution in [3.63, 3.8) is 0 Å². The quantitative estimate of drug-likeness (QED) is 0.530. The smallest absolute Gasteiger partial charge is 0.253 e. The summed E-state index contributed by atoms with van der Waals surface area (Å²) in [7, 11) is 3.42. The fraction of sp³-hybridized carbons (Fsp3) is 0.478. The number of pyridine rings is 1. The highest BCUT2D eigenvalue weighted by Gasteiger charge is 2.19. The van der Waals surface area contributed by atoms with Crippen molar-refractivity contribution in [3.8, 4) is 0 Å². The van der Waals surface area contributed by atoms with E-state index < -0.39 is 6.10 Å². The molecule has 0 saturated carbocycles. The third-order valence-electron chi connectivity index (χ3n) is 5.21.